The highest BCUT2D eigenvalue weighted by Crippen LogP contribution is 2.19. The van der Waals surface area contributed by atoms with E-state index >= 15 is 0 Å². The predicted molar refractivity (Wildman–Crippen MR) is 98.3 cm³/mol. The van der Waals surface area contributed by atoms with E-state index in [0.29, 0.717) is 0 Å². The van der Waals surface area contributed by atoms with Crippen LogP contribution >= 0.6 is 0 Å². The molecule has 0 aliphatic carbocycles. The van der Waals surface area contributed by atoms with E-state index in [9.17, 15) is 0 Å². The zero-order chi connectivity index (χ0) is 16.9. The fourth-order valence-electron chi connectivity index (χ4n) is 3.29. The summed E-state index contributed by atoms with van der Waals surface area (Å²) in [6, 6.07) is 0. The molecule has 4 nitrogen and oxygen atoms in total. The van der Waals surface area contributed by atoms with E-state index in [1.807, 2.05) is 0 Å². The summed E-state index contributed by atoms with van der Waals surface area (Å²) >= 11 is 0. The molecule has 0 aliphatic heterocycles. The van der Waals surface area contributed by atoms with Crippen molar-refractivity contribution in [2.24, 2.45) is 11.8 Å². The summed E-state index contributed by atoms with van der Waals surface area (Å²) in [5.74, 6) is 2.61. The second kappa shape index (κ2) is 12.5. The normalized spacial score (nSPS) is 14.3. The molecule has 0 fully saturated rings. The lowest BCUT2D eigenvalue weighted by atomic mass is 9.95. The Bertz CT molecular complexity index is 345. The van der Waals surface area contributed by atoms with Crippen molar-refractivity contribution in [2.45, 2.75) is 85.6 Å². The Kier molecular flexibility index (Phi) is 11.0. The molecule has 0 radical (unpaired) electrons. The van der Waals surface area contributed by atoms with Gasteiger partial charge in [-0.3, -0.25) is 10.00 Å². The number of nitrogens with zero attached hydrogens (tertiary/aromatic N) is 3. The Labute approximate surface area is 143 Å². The number of rotatable bonds is 14. The van der Waals surface area contributed by atoms with Crippen molar-refractivity contribution in [1.29, 1.82) is 0 Å². The van der Waals surface area contributed by atoms with Gasteiger partial charge in [-0.05, 0) is 24.7 Å². The molecule has 0 saturated heterocycles. The Balaban J connectivity index is 2.62. The average Bonchev–Trinajstić information content (AvgIpc) is 3.07. The minimum atomic E-state index is 0.807. The van der Waals surface area contributed by atoms with Gasteiger partial charge in [0.2, 0.25) is 0 Å². The van der Waals surface area contributed by atoms with Gasteiger partial charge in [-0.15, -0.1) is 0 Å². The summed E-state index contributed by atoms with van der Waals surface area (Å²) in [5, 5.41) is 7.04. The lowest BCUT2D eigenvalue weighted by Gasteiger charge is -2.29. The second-order valence-corrected chi connectivity index (χ2v) is 6.96. The highest BCUT2D eigenvalue weighted by Gasteiger charge is 2.18. The van der Waals surface area contributed by atoms with Gasteiger partial charge in [-0.1, -0.05) is 66.2 Å². The minimum Gasteiger partial charge on any atom is -0.295 e. The maximum atomic E-state index is 4.34. The molecule has 23 heavy (non-hydrogen) atoms. The zero-order valence-corrected chi connectivity index (χ0v) is 15.9. The lowest BCUT2D eigenvalue weighted by molar-refractivity contribution is 0.170. The first-order chi connectivity index (χ1) is 11.2. The van der Waals surface area contributed by atoms with Crippen LogP contribution in [0.2, 0.25) is 0 Å². The number of hydrogen-bond donors (Lipinski definition) is 1. The lowest BCUT2D eigenvalue weighted by Crippen LogP contribution is -2.34. The predicted octanol–water partition coefficient (Wildman–Crippen LogP) is 5.04. The van der Waals surface area contributed by atoms with Crippen molar-refractivity contribution >= 4 is 0 Å². The number of H-pyrrole nitrogens is 1. The van der Waals surface area contributed by atoms with Crippen LogP contribution in [0.5, 0.6) is 0 Å². The summed E-state index contributed by atoms with van der Waals surface area (Å²) in [6.45, 7) is 12.5. The summed E-state index contributed by atoms with van der Waals surface area (Å²) in [5.41, 5.74) is 0. The van der Waals surface area contributed by atoms with Crippen molar-refractivity contribution < 1.29 is 0 Å². The van der Waals surface area contributed by atoms with E-state index in [0.717, 1.165) is 24.2 Å². The van der Waals surface area contributed by atoms with Gasteiger partial charge >= 0.3 is 0 Å². The van der Waals surface area contributed by atoms with Gasteiger partial charge in [0.15, 0.2) is 0 Å². The van der Waals surface area contributed by atoms with Gasteiger partial charge in [0.25, 0.3) is 0 Å². The molecule has 0 bridgehead atoms. The number of hydrogen-bond acceptors (Lipinski definition) is 3. The molecule has 1 aromatic rings. The van der Waals surface area contributed by atoms with Gasteiger partial charge in [-0.25, -0.2) is 4.98 Å². The van der Waals surface area contributed by atoms with Crippen LogP contribution < -0.4 is 0 Å². The fraction of sp³-hybridized carbons (Fsp3) is 0.895. The van der Waals surface area contributed by atoms with Crippen LogP contribution in [0, 0.1) is 11.8 Å². The molecular formula is C19H38N4. The molecule has 134 valence electrons. The van der Waals surface area contributed by atoms with Crippen molar-refractivity contribution in [1.82, 2.24) is 20.1 Å². The van der Waals surface area contributed by atoms with Gasteiger partial charge < -0.3 is 0 Å². The first-order valence-electron chi connectivity index (χ1n) is 9.79. The third-order valence-corrected chi connectivity index (χ3v) is 4.96. The van der Waals surface area contributed by atoms with Crippen molar-refractivity contribution in [3.05, 3.63) is 12.2 Å². The van der Waals surface area contributed by atoms with E-state index < -0.39 is 0 Å². The quantitative estimate of drug-likeness (QED) is 0.522. The second-order valence-electron chi connectivity index (χ2n) is 6.96. The number of nitrogens with one attached hydrogen (secondary N) is 1. The molecule has 0 aliphatic rings. The maximum absolute atomic E-state index is 4.34. The van der Waals surface area contributed by atoms with E-state index in [1.165, 1.54) is 64.5 Å². The third-order valence-electron chi connectivity index (χ3n) is 4.96. The molecule has 1 aromatic heterocycles. The van der Waals surface area contributed by atoms with Gasteiger partial charge in [0.1, 0.15) is 12.2 Å². The molecule has 1 heterocycles. The number of aromatic amines is 1. The summed E-state index contributed by atoms with van der Waals surface area (Å²) in [4.78, 5) is 6.96. The van der Waals surface area contributed by atoms with Crippen LogP contribution in [0.1, 0.15) is 84.9 Å². The molecule has 1 rings (SSSR count). The van der Waals surface area contributed by atoms with E-state index in [-0.39, 0.29) is 0 Å². The number of unbranched alkanes of at least 4 members (excludes halogenated alkanes) is 2. The van der Waals surface area contributed by atoms with Crippen LogP contribution in [0.25, 0.3) is 0 Å². The Morgan fingerprint density at radius 3 is 1.91 bits per heavy atom. The fourth-order valence-corrected chi connectivity index (χ4v) is 3.29. The van der Waals surface area contributed by atoms with Gasteiger partial charge in [0, 0.05) is 13.1 Å². The molecule has 0 aromatic carbocycles. The van der Waals surface area contributed by atoms with Crippen molar-refractivity contribution in [3.8, 4) is 0 Å². The van der Waals surface area contributed by atoms with Crippen LogP contribution in [0.3, 0.4) is 0 Å². The van der Waals surface area contributed by atoms with Crippen LogP contribution in [-0.4, -0.2) is 33.2 Å². The Hall–Kier alpha value is -0.900. The first kappa shape index (κ1) is 20.1. The standard InChI is InChI=1S/C19H38N4/c1-5-9-11-17(7-3)13-23(15-19-20-16-21-22-19)14-18(8-4)12-10-6-2/h16-18H,5-15H2,1-4H3,(H,20,21,22). The first-order valence-corrected chi connectivity index (χ1v) is 9.79. The van der Waals surface area contributed by atoms with Crippen LogP contribution in [0.15, 0.2) is 6.33 Å². The molecule has 0 amide bonds. The smallest absolute Gasteiger partial charge is 0.138 e. The van der Waals surface area contributed by atoms with E-state index in [2.05, 4.69) is 47.8 Å². The molecule has 0 saturated carbocycles. The molecule has 1 N–H and O–H groups in total. The zero-order valence-electron chi connectivity index (χ0n) is 15.9. The summed E-state index contributed by atoms with van der Waals surface area (Å²) < 4.78 is 0. The Morgan fingerprint density at radius 1 is 0.957 bits per heavy atom. The molecule has 2 unspecified atom stereocenters. The average molecular weight is 323 g/mol. The highest BCUT2D eigenvalue weighted by atomic mass is 15.2. The summed E-state index contributed by atoms with van der Waals surface area (Å²) in [7, 11) is 0. The maximum Gasteiger partial charge on any atom is 0.138 e. The molecule has 0 spiro atoms. The molecule has 4 heteroatoms. The van der Waals surface area contributed by atoms with E-state index in [1.54, 1.807) is 6.33 Å². The van der Waals surface area contributed by atoms with Crippen molar-refractivity contribution in [3.63, 3.8) is 0 Å². The van der Waals surface area contributed by atoms with Crippen molar-refractivity contribution in [2.75, 3.05) is 13.1 Å². The van der Waals surface area contributed by atoms with Crippen LogP contribution in [0.4, 0.5) is 0 Å². The SMILES string of the molecule is CCCCC(CC)CN(Cc1ncn[nH]1)CC(CC)CCCC. The minimum absolute atomic E-state index is 0.807. The highest BCUT2D eigenvalue weighted by molar-refractivity contribution is 4.82. The number of aromatic nitrogens is 3. The van der Waals surface area contributed by atoms with Crippen LogP contribution in [-0.2, 0) is 6.54 Å². The summed E-state index contributed by atoms with van der Waals surface area (Å²) in [6.07, 6.45) is 12.2. The van der Waals surface area contributed by atoms with Gasteiger partial charge in [-0.2, -0.15) is 5.10 Å². The molecule has 2 atom stereocenters. The topological polar surface area (TPSA) is 44.8 Å². The Morgan fingerprint density at radius 2 is 1.52 bits per heavy atom. The van der Waals surface area contributed by atoms with Gasteiger partial charge in [0.05, 0.1) is 6.54 Å². The third kappa shape index (κ3) is 8.50. The largest absolute Gasteiger partial charge is 0.295 e. The molecular weight excluding hydrogens is 284 g/mol. The monoisotopic (exact) mass is 322 g/mol. The van der Waals surface area contributed by atoms with E-state index in [4.69, 9.17) is 0 Å².